The van der Waals surface area contributed by atoms with Gasteiger partial charge in [0.25, 0.3) is 0 Å². The fourth-order valence-corrected chi connectivity index (χ4v) is 3.34. The molecule has 1 unspecified atom stereocenters. The molecule has 1 atom stereocenters. The van der Waals surface area contributed by atoms with Gasteiger partial charge in [-0.1, -0.05) is 13.0 Å². The molecule has 1 aromatic rings. The molecular weight excluding hydrogens is 321 g/mol. The van der Waals surface area contributed by atoms with Crippen molar-refractivity contribution < 1.29 is 17.6 Å². The molecule has 1 amide bonds. The molecule has 1 aromatic carbocycles. The lowest BCUT2D eigenvalue weighted by Gasteiger charge is -2.14. The van der Waals surface area contributed by atoms with Crippen LogP contribution in [0.4, 0.5) is 10.1 Å². The lowest BCUT2D eigenvalue weighted by molar-refractivity contribution is -0.123. The molecule has 8 heteroatoms. The van der Waals surface area contributed by atoms with Crippen LogP contribution in [0.25, 0.3) is 0 Å². The highest BCUT2D eigenvalue weighted by Gasteiger charge is 2.21. The second-order valence-electron chi connectivity index (χ2n) is 5.74. The molecule has 0 radical (unpaired) electrons. The van der Waals surface area contributed by atoms with Gasteiger partial charge in [-0.2, -0.15) is 0 Å². The molecule has 0 aliphatic carbocycles. The maximum absolute atomic E-state index is 13.1. The molecule has 0 bridgehead atoms. The number of rotatable bonds is 9. The minimum Gasteiger partial charge on any atom is -0.356 e. The molecule has 23 heavy (non-hydrogen) atoms. The van der Waals surface area contributed by atoms with E-state index in [2.05, 4.69) is 10.0 Å². The van der Waals surface area contributed by atoms with Gasteiger partial charge >= 0.3 is 0 Å². The molecule has 0 aromatic heterocycles. The van der Waals surface area contributed by atoms with Crippen LogP contribution in [-0.4, -0.2) is 52.2 Å². The number of hydrogen-bond acceptors (Lipinski definition) is 4. The number of nitrogens with zero attached hydrogens (tertiary/aromatic N) is 1. The normalized spacial score (nSPS) is 12.9. The molecule has 0 saturated heterocycles. The Labute approximate surface area is 137 Å². The van der Waals surface area contributed by atoms with Crippen molar-refractivity contribution in [1.29, 1.82) is 0 Å². The van der Waals surface area contributed by atoms with Crippen molar-refractivity contribution in [1.82, 2.24) is 10.2 Å². The Bertz CT molecular complexity index is 620. The van der Waals surface area contributed by atoms with E-state index in [1.165, 1.54) is 18.2 Å². The molecular formula is C15H24FN3O3S. The number of sulfonamides is 1. The highest BCUT2D eigenvalue weighted by Crippen LogP contribution is 2.12. The topological polar surface area (TPSA) is 78.5 Å². The SMILES string of the molecule is CC(CS(=O)(=O)Nc1cccc(F)c1)C(=O)NCCCN(C)C. The molecule has 0 fully saturated rings. The monoisotopic (exact) mass is 345 g/mol. The van der Waals surface area contributed by atoms with E-state index < -0.39 is 21.8 Å². The third kappa shape index (κ3) is 7.94. The van der Waals surface area contributed by atoms with E-state index in [1.807, 2.05) is 19.0 Å². The predicted molar refractivity (Wildman–Crippen MR) is 89.2 cm³/mol. The average Bonchev–Trinajstić information content (AvgIpc) is 2.41. The second kappa shape index (κ2) is 8.83. The number of nitrogens with one attached hydrogen (secondary N) is 2. The number of halogens is 1. The Kier molecular flexibility index (Phi) is 7.44. The summed E-state index contributed by atoms with van der Waals surface area (Å²) in [6.45, 7) is 2.89. The van der Waals surface area contributed by atoms with Crippen molar-refractivity contribution >= 4 is 21.6 Å². The van der Waals surface area contributed by atoms with Gasteiger partial charge in [-0.3, -0.25) is 9.52 Å². The van der Waals surface area contributed by atoms with Gasteiger partial charge in [0.1, 0.15) is 5.82 Å². The number of amides is 1. The lowest BCUT2D eigenvalue weighted by atomic mass is 10.2. The maximum atomic E-state index is 13.1. The highest BCUT2D eigenvalue weighted by atomic mass is 32.2. The summed E-state index contributed by atoms with van der Waals surface area (Å²) in [5.41, 5.74) is 0.142. The van der Waals surface area contributed by atoms with E-state index in [4.69, 9.17) is 0 Å². The van der Waals surface area contributed by atoms with E-state index in [0.29, 0.717) is 6.54 Å². The summed E-state index contributed by atoms with van der Waals surface area (Å²) in [5.74, 6) is -1.89. The largest absolute Gasteiger partial charge is 0.356 e. The molecule has 0 saturated carbocycles. The quantitative estimate of drug-likeness (QED) is 0.661. The van der Waals surface area contributed by atoms with Gasteiger partial charge in [-0.15, -0.1) is 0 Å². The number of hydrogen-bond donors (Lipinski definition) is 2. The van der Waals surface area contributed by atoms with Gasteiger partial charge in [-0.05, 0) is 45.3 Å². The first-order valence-corrected chi connectivity index (χ1v) is 9.03. The predicted octanol–water partition coefficient (Wildman–Crippen LogP) is 1.27. The van der Waals surface area contributed by atoms with Gasteiger partial charge in [0.15, 0.2) is 0 Å². The van der Waals surface area contributed by atoms with Gasteiger partial charge in [0.2, 0.25) is 15.9 Å². The summed E-state index contributed by atoms with van der Waals surface area (Å²) < 4.78 is 39.4. The molecule has 1 rings (SSSR count). The van der Waals surface area contributed by atoms with Crippen LogP contribution in [0.1, 0.15) is 13.3 Å². The van der Waals surface area contributed by atoms with E-state index in [9.17, 15) is 17.6 Å². The van der Waals surface area contributed by atoms with Gasteiger partial charge in [-0.25, -0.2) is 12.8 Å². The lowest BCUT2D eigenvalue weighted by Crippen LogP contribution is -2.35. The van der Waals surface area contributed by atoms with Crippen LogP contribution >= 0.6 is 0 Å². The van der Waals surface area contributed by atoms with E-state index in [1.54, 1.807) is 6.92 Å². The van der Waals surface area contributed by atoms with E-state index in [0.717, 1.165) is 19.0 Å². The second-order valence-corrected chi connectivity index (χ2v) is 7.51. The maximum Gasteiger partial charge on any atom is 0.233 e. The minimum absolute atomic E-state index is 0.142. The molecule has 130 valence electrons. The Morgan fingerprint density at radius 1 is 1.35 bits per heavy atom. The summed E-state index contributed by atoms with van der Waals surface area (Å²) in [5, 5.41) is 2.72. The smallest absolute Gasteiger partial charge is 0.233 e. The first kappa shape index (κ1) is 19.4. The Hall–Kier alpha value is -1.67. The summed E-state index contributed by atoms with van der Waals surface area (Å²) in [6, 6.07) is 5.17. The van der Waals surface area contributed by atoms with Gasteiger partial charge < -0.3 is 10.2 Å². The van der Waals surface area contributed by atoms with Crippen LogP contribution in [0, 0.1) is 11.7 Å². The Morgan fingerprint density at radius 2 is 2.04 bits per heavy atom. The van der Waals surface area contributed by atoms with Crippen LogP contribution in [0.5, 0.6) is 0 Å². The van der Waals surface area contributed by atoms with Gasteiger partial charge in [0.05, 0.1) is 17.4 Å². The van der Waals surface area contributed by atoms with Crippen molar-refractivity contribution in [2.45, 2.75) is 13.3 Å². The minimum atomic E-state index is -3.73. The van der Waals surface area contributed by atoms with Crippen LogP contribution in [-0.2, 0) is 14.8 Å². The zero-order chi connectivity index (χ0) is 17.5. The molecule has 2 N–H and O–H groups in total. The Balaban J connectivity index is 2.47. The molecule has 0 aliphatic heterocycles. The summed E-state index contributed by atoms with van der Waals surface area (Å²) in [4.78, 5) is 13.9. The fourth-order valence-electron chi connectivity index (χ4n) is 1.96. The van der Waals surface area contributed by atoms with Gasteiger partial charge in [0, 0.05) is 6.54 Å². The third-order valence-corrected chi connectivity index (χ3v) is 4.58. The number of benzene rings is 1. The average molecular weight is 345 g/mol. The molecule has 0 heterocycles. The summed E-state index contributed by atoms with van der Waals surface area (Å²) in [7, 11) is 0.154. The van der Waals surface area contributed by atoms with Crippen molar-refractivity contribution in [3.63, 3.8) is 0 Å². The number of anilines is 1. The molecule has 6 nitrogen and oxygen atoms in total. The van der Waals surface area contributed by atoms with Crippen LogP contribution < -0.4 is 10.0 Å². The fraction of sp³-hybridized carbons (Fsp3) is 0.533. The van der Waals surface area contributed by atoms with Crippen LogP contribution in [0.15, 0.2) is 24.3 Å². The first-order valence-electron chi connectivity index (χ1n) is 7.38. The van der Waals surface area contributed by atoms with Crippen LogP contribution in [0.3, 0.4) is 0 Å². The highest BCUT2D eigenvalue weighted by molar-refractivity contribution is 7.92. The van der Waals surface area contributed by atoms with Crippen molar-refractivity contribution in [3.05, 3.63) is 30.1 Å². The molecule has 0 spiro atoms. The van der Waals surface area contributed by atoms with E-state index in [-0.39, 0.29) is 17.3 Å². The van der Waals surface area contributed by atoms with Crippen molar-refractivity contribution in [2.24, 2.45) is 5.92 Å². The van der Waals surface area contributed by atoms with Crippen molar-refractivity contribution in [3.8, 4) is 0 Å². The first-order chi connectivity index (χ1) is 10.7. The standard InChI is InChI=1S/C15H24FN3O3S/c1-12(15(20)17-8-5-9-19(2)3)11-23(21,22)18-14-7-4-6-13(16)10-14/h4,6-7,10,12,18H,5,8-9,11H2,1-3H3,(H,17,20). The van der Waals surface area contributed by atoms with Crippen molar-refractivity contribution in [2.75, 3.05) is 37.7 Å². The molecule has 0 aliphatic rings. The number of carbonyl (C=O) groups excluding carboxylic acids is 1. The number of carbonyl (C=O) groups is 1. The summed E-state index contributed by atoms with van der Waals surface area (Å²) in [6.07, 6.45) is 0.791. The van der Waals surface area contributed by atoms with Crippen LogP contribution in [0.2, 0.25) is 0 Å². The van der Waals surface area contributed by atoms with E-state index >= 15 is 0 Å². The zero-order valence-corrected chi connectivity index (χ0v) is 14.5. The Morgan fingerprint density at radius 3 is 2.65 bits per heavy atom. The zero-order valence-electron chi connectivity index (χ0n) is 13.7. The summed E-state index contributed by atoms with van der Waals surface area (Å²) >= 11 is 0. The third-order valence-electron chi connectivity index (χ3n) is 3.10.